The molecule has 0 fully saturated rings. The SMILES string of the molecule is COC(=O)C[C@H](NC(=O)[C@H](C)n1cnc2ccccc21)c1ccc(C)cc1. The number of nitrogens with one attached hydrogen (secondary N) is 1. The Balaban J connectivity index is 1.82. The average Bonchev–Trinajstić information content (AvgIpc) is 3.11. The number of amides is 1. The molecule has 3 aromatic rings. The van der Waals surface area contributed by atoms with E-state index in [1.807, 2.05) is 66.9 Å². The summed E-state index contributed by atoms with van der Waals surface area (Å²) in [7, 11) is 1.34. The lowest BCUT2D eigenvalue weighted by Gasteiger charge is -2.22. The predicted molar refractivity (Wildman–Crippen MR) is 103 cm³/mol. The molecule has 0 aliphatic heterocycles. The summed E-state index contributed by atoms with van der Waals surface area (Å²) < 4.78 is 6.62. The van der Waals surface area contributed by atoms with Crippen LogP contribution in [0, 0.1) is 6.92 Å². The van der Waals surface area contributed by atoms with Gasteiger partial charge < -0.3 is 14.6 Å². The van der Waals surface area contributed by atoms with Crippen LogP contribution in [-0.4, -0.2) is 28.5 Å². The maximum absolute atomic E-state index is 12.9. The number of aromatic nitrogens is 2. The van der Waals surface area contributed by atoms with Crippen LogP contribution in [0.2, 0.25) is 0 Å². The maximum Gasteiger partial charge on any atom is 0.307 e. The topological polar surface area (TPSA) is 73.2 Å². The van der Waals surface area contributed by atoms with E-state index in [2.05, 4.69) is 10.3 Å². The molecule has 0 spiro atoms. The van der Waals surface area contributed by atoms with Crippen molar-refractivity contribution in [2.24, 2.45) is 0 Å². The molecule has 0 unspecified atom stereocenters. The third-order valence-corrected chi connectivity index (χ3v) is 4.67. The normalized spacial score (nSPS) is 13.1. The number of imidazole rings is 1. The van der Waals surface area contributed by atoms with E-state index in [0.717, 1.165) is 22.2 Å². The quantitative estimate of drug-likeness (QED) is 0.680. The molecule has 2 atom stereocenters. The number of aryl methyl sites for hydroxylation is 1. The molecule has 2 aromatic carbocycles. The van der Waals surface area contributed by atoms with Crippen molar-refractivity contribution in [1.29, 1.82) is 0 Å². The van der Waals surface area contributed by atoms with E-state index >= 15 is 0 Å². The Morgan fingerprint density at radius 3 is 2.56 bits per heavy atom. The number of rotatable bonds is 6. The number of benzene rings is 2. The minimum absolute atomic E-state index is 0.0721. The molecule has 0 aliphatic carbocycles. The monoisotopic (exact) mass is 365 g/mol. The van der Waals surface area contributed by atoms with Gasteiger partial charge in [-0.05, 0) is 31.5 Å². The standard InChI is InChI=1S/C21H23N3O3/c1-14-8-10-16(11-9-14)18(12-20(25)27-3)23-21(26)15(2)24-13-22-17-6-4-5-7-19(17)24/h4-11,13,15,18H,12H2,1-3H3,(H,23,26)/t15-,18-/m0/s1. The number of hydrogen-bond acceptors (Lipinski definition) is 4. The number of esters is 1. The molecule has 140 valence electrons. The predicted octanol–water partition coefficient (Wildman–Crippen LogP) is 3.33. The third-order valence-electron chi connectivity index (χ3n) is 4.67. The van der Waals surface area contributed by atoms with E-state index in [4.69, 9.17) is 4.74 Å². The van der Waals surface area contributed by atoms with Gasteiger partial charge in [-0.1, -0.05) is 42.0 Å². The van der Waals surface area contributed by atoms with Crippen LogP contribution in [0.5, 0.6) is 0 Å². The van der Waals surface area contributed by atoms with Gasteiger partial charge in [-0.2, -0.15) is 0 Å². The van der Waals surface area contributed by atoms with Gasteiger partial charge >= 0.3 is 5.97 Å². The van der Waals surface area contributed by atoms with Crippen LogP contribution in [-0.2, 0) is 14.3 Å². The summed E-state index contributed by atoms with van der Waals surface area (Å²) in [4.78, 5) is 29.1. The van der Waals surface area contributed by atoms with Crippen molar-refractivity contribution in [1.82, 2.24) is 14.9 Å². The van der Waals surface area contributed by atoms with E-state index in [0.29, 0.717) is 0 Å². The van der Waals surface area contributed by atoms with Crippen LogP contribution in [0.25, 0.3) is 11.0 Å². The molecule has 6 nitrogen and oxygen atoms in total. The molecule has 0 radical (unpaired) electrons. The molecule has 0 bridgehead atoms. The summed E-state index contributed by atoms with van der Waals surface area (Å²) in [6.07, 6.45) is 1.73. The second-order valence-electron chi connectivity index (χ2n) is 6.57. The first-order valence-electron chi connectivity index (χ1n) is 8.85. The minimum atomic E-state index is -0.469. The fraction of sp³-hybridized carbons (Fsp3) is 0.286. The van der Waals surface area contributed by atoms with Crippen LogP contribution in [0.1, 0.15) is 36.6 Å². The average molecular weight is 365 g/mol. The molecule has 1 N–H and O–H groups in total. The fourth-order valence-corrected chi connectivity index (χ4v) is 3.01. The van der Waals surface area contributed by atoms with Crippen molar-refractivity contribution in [3.05, 3.63) is 66.0 Å². The second kappa shape index (κ2) is 8.03. The van der Waals surface area contributed by atoms with Gasteiger partial charge in [-0.3, -0.25) is 9.59 Å². The zero-order valence-corrected chi connectivity index (χ0v) is 15.7. The Bertz CT molecular complexity index is 947. The van der Waals surface area contributed by atoms with Crippen molar-refractivity contribution >= 4 is 22.9 Å². The van der Waals surface area contributed by atoms with Gasteiger partial charge in [0.1, 0.15) is 6.04 Å². The molecule has 0 aliphatic rings. The van der Waals surface area contributed by atoms with Gasteiger partial charge in [-0.15, -0.1) is 0 Å². The second-order valence-corrected chi connectivity index (χ2v) is 6.57. The summed E-state index contributed by atoms with van der Waals surface area (Å²) in [6, 6.07) is 14.5. The first-order chi connectivity index (χ1) is 13.0. The van der Waals surface area contributed by atoms with E-state index in [1.165, 1.54) is 7.11 Å². The molecule has 1 amide bonds. The molecule has 0 saturated carbocycles. The lowest BCUT2D eigenvalue weighted by molar-refractivity contribution is -0.141. The van der Waals surface area contributed by atoms with Gasteiger partial charge in [0.2, 0.25) is 5.91 Å². The van der Waals surface area contributed by atoms with E-state index in [1.54, 1.807) is 6.33 Å². The maximum atomic E-state index is 12.9. The molecular formula is C21H23N3O3. The first-order valence-corrected chi connectivity index (χ1v) is 8.85. The molecule has 6 heteroatoms. The minimum Gasteiger partial charge on any atom is -0.469 e. The molecule has 3 rings (SSSR count). The fourth-order valence-electron chi connectivity index (χ4n) is 3.01. The van der Waals surface area contributed by atoms with Gasteiger partial charge in [0.25, 0.3) is 0 Å². The molecule has 27 heavy (non-hydrogen) atoms. The van der Waals surface area contributed by atoms with Crippen LogP contribution >= 0.6 is 0 Å². The van der Waals surface area contributed by atoms with E-state index in [9.17, 15) is 9.59 Å². The molecular weight excluding hydrogens is 342 g/mol. The smallest absolute Gasteiger partial charge is 0.307 e. The van der Waals surface area contributed by atoms with Gasteiger partial charge in [0, 0.05) is 0 Å². The van der Waals surface area contributed by atoms with Crippen molar-refractivity contribution < 1.29 is 14.3 Å². The number of nitrogens with zero attached hydrogens (tertiary/aromatic N) is 2. The van der Waals surface area contributed by atoms with Crippen molar-refractivity contribution in [2.75, 3.05) is 7.11 Å². The molecule has 1 heterocycles. The van der Waals surface area contributed by atoms with Crippen LogP contribution in [0.15, 0.2) is 54.9 Å². The lowest BCUT2D eigenvalue weighted by atomic mass is 10.0. The number of hydrogen-bond donors (Lipinski definition) is 1. The van der Waals surface area contributed by atoms with Crippen molar-refractivity contribution in [2.45, 2.75) is 32.4 Å². The van der Waals surface area contributed by atoms with Crippen molar-refractivity contribution in [3.8, 4) is 0 Å². The number of carbonyl (C=O) groups excluding carboxylic acids is 2. The number of ether oxygens (including phenoxy) is 1. The largest absolute Gasteiger partial charge is 0.469 e. The number of methoxy groups -OCH3 is 1. The molecule has 0 saturated heterocycles. The highest BCUT2D eigenvalue weighted by molar-refractivity contribution is 5.84. The van der Waals surface area contributed by atoms with Crippen molar-refractivity contribution in [3.63, 3.8) is 0 Å². The van der Waals surface area contributed by atoms with E-state index in [-0.39, 0.29) is 18.3 Å². The Hall–Kier alpha value is -3.15. The summed E-state index contributed by atoms with van der Waals surface area (Å²) in [5.41, 5.74) is 3.70. The summed E-state index contributed by atoms with van der Waals surface area (Å²) in [6.45, 7) is 3.80. The Kier molecular flexibility index (Phi) is 5.54. The van der Waals surface area contributed by atoms with Gasteiger partial charge in [0.15, 0.2) is 0 Å². The van der Waals surface area contributed by atoms with Crippen LogP contribution < -0.4 is 5.32 Å². The third kappa shape index (κ3) is 4.16. The highest BCUT2D eigenvalue weighted by Gasteiger charge is 2.23. The van der Waals surface area contributed by atoms with Gasteiger partial charge in [-0.25, -0.2) is 4.98 Å². The summed E-state index contributed by atoms with van der Waals surface area (Å²) in [5, 5.41) is 2.98. The first kappa shape index (κ1) is 18.6. The highest BCUT2D eigenvalue weighted by Crippen LogP contribution is 2.22. The summed E-state index contributed by atoms with van der Waals surface area (Å²) >= 11 is 0. The Morgan fingerprint density at radius 1 is 1.15 bits per heavy atom. The Labute approximate surface area is 158 Å². The molecule has 1 aromatic heterocycles. The lowest BCUT2D eigenvalue weighted by Crippen LogP contribution is -2.35. The number of fused-ring (bicyclic) bond motifs is 1. The number of carbonyl (C=O) groups is 2. The van der Waals surface area contributed by atoms with Gasteiger partial charge in [0.05, 0.1) is 36.9 Å². The zero-order chi connectivity index (χ0) is 19.4. The Morgan fingerprint density at radius 2 is 1.85 bits per heavy atom. The van der Waals surface area contributed by atoms with Crippen LogP contribution in [0.4, 0.5) is 0 Å². The highest BCUT2D eigenvalue weighted by atomic mass is 16.5. The van der Waals surface area contributed by atoms with Crippen LogP contribution in [0.3, 0.4) is 0 Å². The van der Waals surface area contributed by atoms with E-state index < -0.39 is 12.1 Å². The summed E-state index contributed by atoms with van der Waals surface area (Å²) in [5.74, 6) is -0.561. The zero-order valence-electron chi connectivity index (χ0n) is 15.7. The number of para-hydroxylation sites is 2.